The van der Waals surface area contributed by atoms with Crippen LogP contribution in [0.1, 0.15) is 16.1 Å². The second-order valence-corrected chi connectivity index (χ2v) is 10.4. The monoisotopic (exact) mass is 541 g/mol. The maximum atomic E-state index is 12.3. The molecule has 1 saturated heterocycles. The number of nitrogens with one attached hydrogen (secondary N) is 1. The van der Waals surface area contributed by atoms with Crippen molar-refractivity contribution in [1.82, 2.24) is 20.4 Å². The van der Waals surface area contributed by atoms with Crippen molar-refractivity contribution < 1.29 is 18.8 Å². The number of ether oxygens (including phenoxy) is 1. The number of nitrogens with zero attached hydrogens (tertiary/aromatic N) is 3. The van der Waals surface area contributed by atoms with E-state index in [2.05, 4.69) is 20.4 Å². The van der Waals surface area contributed by atoms with E-state index >= 15 is 0 Å². The Labute approximate surface area is 213 Å². The average molecular weight is 542 g/mol. The highest BCUT2D eigenvalue weighted by Crippen LogP contribution is 2.28. The van der Waals surface area contributed by atoms with E-state index < -0.39 is 5.91 Å². The lowest BCUT2D eigenvalue weighted by Gasteiger charge is -2.33. The van der Waals surface area contributed by atoms with Crippen molar-refractivity contribution >= 4 is 58.1 Å². The molecule has 1 atom stereocenters. The number of hydrogen-bond acceptors (Lipinski definition) is 9. The Bertz CT molecular complexity index is 1170. The van der Waals surface area contributed by atoms with Gasteiger partial charge in [-0.25, -0.2) is 4.98 Å². The first kappa shape index (κ1) is 25.0. The van der Waals surface area contributed by atoms with E-state index in [0.29, 0.717) is 45.5 Å². The molecule has 0 spiro atoms. The Kier molecular flexibility index (Phi) is 8.46. The van der Waals surface area contributed by atoms with Gasteiger partial charge in [-0.2, -0.15) is 0 Å². The number of thioether (sulfide) groups is 1. The molecule has 180 valence electrons. The Hall–Kier alpha value is -2.15. The van der Waals surface area contributed by atoms with E-state index in [1.165, 1.54) is 29.2 Å². The van der Waals surface area contributed by atoms with Gasteiger partial charge in [-0.1, -0.05) is 46.2 Å². The molecule has 3 heterocycles. The predicted molar refractivity (Wildman–Crippen MR) is 131 cm³/mol. The molecule has 1 fully saturated rings. The van der Waals surface area contributed by atoms with Crippen LogP contribution in [0.2, 0.25) is 10.0 Å². The van der Waals surface area contributed by atoms with Gasteiger partial charge >= 0.3 is 0 Å². The number of aromatic nitrogens is 2. The quantitative estimate of drug-likeness (QED) is 0.395. The van der Waals surface area contributed by atoms with Crippen molar-refractivity contribution in [2.45, 2.75) is 17.0 Å². The molecule has 0 bridgehead atoms. The summed E-state index contributed by atoms with van der Waals surface area (Å²) in [5, 5.41) is 9.37. The molecule has 34 heavy (non-hydrogen) atoms. The van der Waals surface area contributed by atoms with Crippen molar-refractivity contribution in [2.24, 2.45) is 5.73 Å². The molecule has 0 radical (unpaired) electrons. The zero-order chi connectivity index (χ0) is 24.1. The first-order valence-electron chi connectivity index (χ1n) is 10.3. The second-order valence-electron chi connectivity index (χ2n) is 7.51. The molecule has 0 aliphatic carbocycles. The lowest BCUT2D eigenvalue weighted by Crippen LogP contribution is -2.47. The Morgan fingerprint density at radius 2 is 2.15 bits per heavy atom. The Morgan fingerprint density at radius 3 is 2.91 bits per heavy atom. The SMILES string of the molecule is NC(=O)c1cc(-c2csc(SCC(=O)NC[C@H]3CN(Cc4ccc(Cl)c(Cl)c4)CCO3)n2)on1. The predicted octanol–water partition coefficient (Wildman–Crippen LogP) is 3.31. The minimum atomic E-state index is -0.670. The molecule has 9 nitrogen and oxygen atoms in total. The fourth-order valence-electron chi connectivity index (χ4n) is 3.30. The zero-order valence-corrected chi connectivity index (χ0v) is 21.0. The maximum Gasteiger partial charge on any atom is 0.270 e. The van der Waals surface area contributed by atoms with E-state index in [0.717, 1.165) is 18.7 Å². The van der Waals surface area contributed by atoms with Gasteiger partial charge in [-0.3, -0.25) is 14.5 Å². The standard InChI is InChI=1S/C21H21Cl2N5O4S2/c22-14-2-1-12(5-15(14)23)8-28-3-4-31-13(9-28)7-25-19(29)11-34-21-26-17(10-33-21)18-6-16(20(24)30)27-32-18/h1-2,5-6,10,13H,3-4,7-9,11H2,(H2,24,30)(H,25,29)/t13-/m0/s1. The molecule has 1 aliphatic rings. The molecule has 3 N–H and O–H groups in total. The first-order chi connectivity index (χ1) is 16.4. The maximum absolute atomic E-state index is 12.3. The van der Waals surface area contributed by atoms with Crippen LogP contribution in [0, 0.1) is 0 Å². The van der Waals surface area contributed by atoms with Gasteiger partial charge in [0.05, 0.1) is 28.5 Å². The summed E-state index contributed by atoms with van der Waals surface area (Å²) < 4.78 is 11.6. The van der Waals surface area contributed by atoms with Gasteiger partial charge in [0.1, 0.15) is 5.69 Å². The number of primary amides is 1. The van der Waals surface area contributed by atoms with Crippen molar-refractivity contribution in [3.05, 3.63) is 50.9 Å². The topological polar surface area (TPSA) is 124 Å². The molecular weight excluding hydrogens is 521 g/mol. The summed E-state index contributed by atoms with van der Waals surface area (Å²) in [6, 6.07) is 7.06. The molecule has 4 rings (SSSR count). The Balaban J connectivity index is 1.20. The second kappa shape index (κ2) is 11.5. The van der Waals surface area contributed by atoms with Gasteiger partial charge in [0, 0.05) is 37.6 Å². The summed E-state index contributed by atoms with van der Waals surface area (Å²) in [6.07, 6.45) is -0.0946. The van der Waals surface area contributed by atoms with Crippen LogP contribution in [0.25, 0.3) is 11.5 Å². The number of carbonyl (C=O) groups is 2. The molecule has 13 heteroatoms. The smallest absolute Gasteiger partial charge is 0.270 e. The third kappa shape index (κ3) is 6.71. The minimum absolute atomic E-state index is 0.0389. The fourth-order valence-corrected chi connectivity index (χ4v) is 5.26. The largest absolute Gasteiger partial charge is 0.374 e. The summed E-state index contributed by atoms with van der Waals surface area (Å²) in [5.74, 6) is -0.213. The van der Waals surface area contributed by atoms with Crippen molar-refractivity contribution in [1.29, 1.82) is 0 Å². The van der Waals surface area contributed by atoms with Gasteiger partial charge in [0.15, 0.2) is 15.8 Å². The highest BCUT2D eigenvalue weighted by molar-refractivity contribution is 8.01. The molecular formula is C21H21Cl2N5O4S2. The highest BCUT2D eigenvalue weighted by Gasteiger charge is 2.21. The number of halogens is 2. The van der Waals surface area contributed by atoms with Crippen molar-refractivity contribution in [3.8, 4) is 11.5 Å². The highest BCUT2D eigenvalue weighted by atomic mass is 35.5. The van der Waals surface area contributed by atoms with Gasteiger partial charge in [0.2, 0.25) is 5.91 Å². The summed E-state index contributed by atoms with van der Waals surface area (Å²) in [7, 11) is 0. The summed E-state index contributed by atoms with van der Waals surface area (Å²) in [5.41, 5.74) is 6.83. The Morgan fingerprint density at radius 1 is 1.29 bits per heavy atom. The normalized spacial score (nSPS) is 16.5. The first-order valence-corrected chi connectivity index (χ1v) is 12.9. The van der Waals surface area contributed by atoms with Crippen LogP contribution in [0.4, 0.5) is 0 Å². The van der Waals surface area contributed by atoms with E-state index in [-0.39, 0.29) is 23.5 Å². The molecule has 0 saturated carbocycles. The third-order valence-corrected chi connectivity index (χ3v) is 7.72. The van der Waals surface area contributed by atoms with Gasteiger partial charge in [-0.15, -0.1) is 11.3 Å². The molecule has 3 aromatic rings. The number of hydrogen-bond donors (Lipinski definition) is 2. The fraction of sp³-hybridized carbons (Fsp3) is 0.333. The number of thiazole rings is 1. The van der Waals surface area contributed by atoms with Crippen LogP contribution in [-0.2, 0) is 16.1 Å². The lowest BCUT2D eigenvalue weighted by atomic mass is 10.2. The number of carbonyl (C=O) groups excluding carboxylic acids is 2. The van der Waals surface area contributed by atoms with Crippen molar-refractivity contribution in [2.75, 3.05) is 32.0 Å². The van der Waals surface area contributed by atoms with Crippen LogP contribution in [0.5, 0.6) is 0 Å². The van der Waals surface area contributed by atoms with Crippen LogP contribution in [0.3, 0.4) is 0 Å². The molecule has 2 aromatic heterocycles. The lowest BCUT2D eigenvalue weighted by molar-refractivity contribution is -0.119. The van der Waals surface area contributed by atoms with Crippen molar-refractivity contribution in [3.63, 3.8) is 0 Å². The number of benzene rings is 1. The van der Waals surface area contributed by atoms with Crippen LogP contribution < -0.4 is 11.1 Å². The van der Waals surface area contributed by atoms with Crippen LogP contribution >= 0.6 is 46.3 Å². The van der Waals surface area contributed by atoms with Gasteiger partial charge in [-0.05, 0) is 17.7 Å². The van der Waals surface area contributed by atoms with Gasteiger partial charge < -0.3 is 20.3 Å². The number of amides is 2. The minimum Gasteiger partial charge on any atom is -0.374 e. The molecule has 1 aromatic carbocycles. The summed E-state index contributed by atoms with van der Waals surface area (Å²) in [6.45, 7) is 3.26. The van der Waals surface area contributed by atoms with Crippen LogP contribution in [0.15, 0.2) is 38.5 Å². The van der Waals surface area contributed by atoms with E-state index in [9.17, 15) is 9.59 Å². The average Bonchev–Trinajstić information content (AvgIpc) is 3.49. The molecule has 0 unspecified atom stereocenters. The summed E-state index contributed by atoms with van der Waals surface area (Å²) in [4.78, 5) is 30.1. The van der Waals surface area contributed by atoms with E-state index in [4.69, 9.17) is 38.2 Å². The summed E-state index contributed by atoms with van der Waals surface area (Å²) >= 11 is 14.8. The molecule has 1 aliphatic heterocycles. The zero-order valence-electron chi connectivity index (χ0n) is 17.8. The number of nitrogens with two attached hydrogens (primary N) is 1. The number of rotatable bonds is 9. The number of morpholine rings is 1. The van der Waals surface area contributed by atoms with E-state index in [1.807, 2.05) is 12.1 Å². The van der Waals surface area contributed by atoms with Gasteiger partial charge in [0.25, 0.3) is 5.91 Å². The van der Waals surface area contributed by atoms with E-state index in [1.54, 1.807) is 11.4 Å². The van der Waals surface area contributed by atoms with Crippen LogP contribution in [-0.4, -0.2) is 65.0 Å². The third-order valence-electron chi connectivity index (χ3n) is 4.96. The molecule has 2 amide bonds.